The second-order valence-corrected chi connectivity index (χ2v) is 6.53. The molecule has 0 unspecified atom stereocenters. The van der Waals surface area contributed by atoms with Gasteiger partial charge in [-0.1, -0.05) is 47.0 Å². The predicted molar refractivity (Wildman–Crippen MR) is 106 cm³/mol. The van der Waals surface area contributed by atoms with E-state index in [1.807, 2.05) is 32.0 Å². The smallest absolute Gasteiger partial charge is 0.262 e. The molecule has 2 amide bonds. The lowest BCUT2D eigenvalue weighted by Gasteiger charge is -2.10. The molecule has 0 aliphatic heterocycles. The molecule has 2 aromatic rings. The van der Waals surface area contributed by atoms with Crippen molar-refractivity contribution in [3.63, 3.8) is 0 Å². The summed E-state index contributed by atoms with van der Waals surface area (Å²) in [6.07, 6.45) is 2.86. The molecule has 0 aromatic heterocycles. The fourth-order valence-corrected chi connectivity index (χ4v) is 2.50. The van der Waals surface area contributed by atoms with Gasteiger partial charge in [-0.05, 0) is 49.2 Å². The number of amides is 2. The summed E-state index contributed by atoms with van der Waals surface area (Å²) in [5.41, 5.74) is 8.45. The zero-order valence-electron chi connectivity index (χ0n) is 14.4. The second-order valence-electron chi connectivity index (χ2n) is 5.72. The molecule has 0 fully saturated rings. The van der Waals surface area contributed by atoms with Crippen LogP contribution < -0.4 is 16.2 Å². The molecule has 26 heavy (non-hydrogen) atoms. The molecule has 136 valence electrons. The lowest BCUT2D eigenvalue weighted by molar-refractivity contribution is -0.125. The Morgan fingerprint density at radius 2 is 1.77 bits per heavy atom. The van der Waals surface area contributed by atoms with Crippen LogP contribution in [-0.4, -0.2) is 18.4 Å². The summed E-state index contributed by atoms with van der Waals surface area (Å²) in [5.74, 6) is -0.822. The SMILES string of the molecule is Cc1ccc(NCC(=O)NNC(=O)/C=C/c2ccc(Cl)c(Cl)c2)c(C)c1. The van der Waals surface area contributed by atoms with E-state index in [1.54, 1.807) is 24.3 Å². The zero-order valence-corrected chi connectivity index (χ0v) is 15.9. The van der Waals surface area contributed by atoms with Crippen molar-refractivity contribution in [3.05, 3.63) is 69.2 Å². The van der Waals surface area contributed by atoms with Crippen molar-refractivity contribution >= 4 is 46.8 Å². The maximum atomic E-state index is 11.8. The van der Waals surface area contributed by atoms with Crippen molar-refractivity contribution in [2.45, 2.75) is 13.8 Å². The molecule has 0 spiro atoms. The second kappa shape index (κ2) is 9.27. The highest BCUT2D eigenvalue weighted by molar-refractivity contribution is 6.42. The third-order valence-corrected chi connectivity index (χ3v) is 4.26. The van der Waals surface area contributed by atoms with E-state index in [0.29, 0.717) is 10.0 Å². The van der Waals surface area contributed by atoms with Gasteiger partial charge in [-0.2, -0.15) is 0 Å². The van der Waals surface area contributed by atoms with Crippen molar-refractivity contribution in [1.82, 2.24) is 10.9 Å². The van der Waals surface area contributed by atoms with Gasteiger partial charge in [-0.3, -0.25) is 20.4 Å². The Hall–Kier alpha value is -2.50. The summed E-state index contributed by atoms with van der Waals surface area (Å²) in [5, 5.41) is 3.87. The van der Waals surface area contributed by atoms with Crippen LogP contribution in [0.2, 0.25) is 10.0 Å². The molecular formula is C19H19Cl2N3O2. The van der Waals surface area contributed by atoms with E-state index in [9.17, 15) is 9.59 Å². The van der Waals surface area contributed by atoms with E-state index in [0.717, 1.165) is 22.4 Å². The Morgan fingerprint density at radius 1 is 1.00 bits per heavy atom. The summed E-state index contributed by atoms with van der Waals surface area (Å²) in [7, 11) is 0. The van der Waals surface area contributed by atoms with Crippen LogP contribution in [0.4, 0.5) is 5.69 Å². The molecule has 0 aliphatic carbocycles. The maximum Gasteiger partial charge on any atom is 0.262 e. The van der Waals surface area contributed by atoms with Crippen LogP contribution in [0.25, 0.3) is 6.08 Å². The van der Waals surface area contributed by atoms with Gasteiger partial charge in [-0.25, -0.2) is 0 Å². The lowest BCUT2D eigenvalue weighted by atomic mass is 10.1. The molecule has 0 saturated carbocycles. The van der Waals surface area contributed by atoms with Gasteiger partial charge in [0.15, 0.2) is 0 Å². The molecule has 0 heterocycles. The summed E-state index contributed by atoms with van der Waals surface area (Å²) in [4.78, 5) is 23.6. The van der Waals surface area contributed by atoms with Gasteiger partial charge in [0.25, 0.3) is 11.8 Å². The van der Waals surface area contributed by atoms with Crippen molar-refractivity contribution in [1.29, 1.82) is 0 Å². The topological polar surface area (TPSA) is 70.2 Å². The molecule has 0 saturated heterocycles. The highest BCUT2D eigenvalue weighted by atomic mass is 35.5. The van der Waals surface area contributed by atoms with E-state index in [1.165, 1.54) is 6.08 Å². The summed E-state index contributed by atoms with van der Waals surface area (Å²) in [6.45, 7) is 4.01. The van der Waals surface area contributed by atoms with Crippen LogP contribution in [0.1, 0.15) is 16.7 Å². The molecule has 0 atom stereocenters. The van der Waals surface area contributed by atoms with Crippen LogP contribution in [0.5, 0.6) is 0 Å². The number of hydrazine groups is 1. The monoisotopic (exact) mass is 391 g/mol. The van der Waals surface area contributed by atoms with Crippen LogP contribution >= 0.6 is 23.2 Å². The molecule has 3 N–H and O–H groups in total. The first-order valence-electron chi connectivity index (χ1n) is 7.88. The maximum absolute atomic E-state index is 11.8. The normalized spacial score (nSPS) is 10.6. The quantitative estimate of drug-likeness (QED) is 0.534. The number of benzene rings is 2. The molecule has 7 heteroatoms. The Balaban J connectivity index is 1.78. The Kier molecular flexibility index (Phi) is 7.06. The van der Waals surface area contributed by atoms with Gasteiger partial charge in [0.05, 0.1) is 16.6 Å². The fourth-order valence-electron chi connectivity index (χ4n) is 2.19. The zero-order chi connectivity index (χ0) is 19.1. The molecular weight excluding hydrogens is 373 g/mol. The van der Waals surface area contributed by atoms with E-state index >= 15 is 0 Å². The van der Waals surface area contributed by atoms with Crippen LogP contribution in [0.3, 0.4) is 0 Å². The largest absolute Gasteiger partial charge is 0.376 e. The first kappa shape index (κ1) is 19.8. The molecule has 5 nitrogen and oxygen atoms in total. The van der Waals surface area contributed by atoms with Gasteiger partial charge in [0.1, 0.15) is 0 Å². The minimum absolute atomic E-state index is 0.0423. The predicted octanol–water partition coefficient (Wildman–Crippen LogP) is 3.88. The highest BCUT2D eigenvalue weighted by Gasteiger charge is 2.04. The number of rotatable bonds is 5. The number of hydrogen-bond donors (Lipinski definition) is 3. The van der Waals surface area contributed by atoms with Crippen molar-refractivity contribution in [3.8, 4) is 0 Å². The number of aryl methyl sites for hydroxylation is 2. The first-order chi connectivity index (χ1) is 12.3. The minimum Gasteiger partial charge on any atom is -0.376 e. The van der Waals surface area contributed by atoms with Crippen molar-refractivity contribution in [2.75, 3.05) is 11.9 Å². The standard InChI is InChI=1S/C19H19Cl2N3O2/c1-12-3-7-17(13(2)9-12)22-11-19(26)24-23-18(25)8-5-14-4-6-15(20)16(21)10-14/h3-10,22H,11H2,1-2H3,(H,23,25)(H,24,26)/b8-5+. The van der Waals surface area contributed by atoms with Crippen molar-refractivity contribution < 1.29 is 9.59 Å². The molecule has 0 aliphatic rings. The number of anilines is 1. The van der Waals surface area contributed by atoms with E-state index < -0.39 is 5.91 Å². The highest BCUT2D eigenvalue weighted by Crippen LogP contribution is 2.23. The van der Waals surface area contributed by atoms with E-state index in [4.69, 9.17) is 23.2 Å². The van der Waals surface area contributed by atoms with E-state index in [2.05, 4.69) is 16.2 Å². The number of carbonyl (C=O) groups excluding carboxylic acids is 2. The van der Waals surface area contributed by atoms with Crippen LogP contribution in [0, 0.1) is 13.8 Å². The van der Waals surface area contributed by atoms with E-state index in [-0.39, 0.29) is 12.5 Å². The first-order valence-corrected chi connectivity index (χ1v) is 8.64. The Labute approximate surface area is 162 Å². The number of carbonyl (C=O) groups is 2. The van der Waals surface area contributed by atoms with Crippen LogP contribution in [0.15, 0.2) is 42.5 Å². The molecule has 0 bridgehead atoms. The Morgan fingerprint density at radius 3 is 2.46 bits per heavy atom. The Bertz CT molecular complexity index is 851. The number of halogens is 2. The third-order valence-electron chi connectivity index (χ3n) is 3.52. The van der Waals surface area contributed by atoms with Gasteiger partial charge >= 0.3 is 0 Å². The average molecular weight is 392 g/mol. The molecule has 2 rings (SSSR count). The third kappa shape index (κ3) is 6.10. The lowest BCUT2D eigenvalue weighted by Crippen LogP contribution is -2.43. The molecule has 0 radical (unpaired) electrons. The van der Waals surface area contributed by atoms with Gasteiger partial charge < -0.3 is 5.32 Å². The molecule has 2 aromatic carbocycles. The van der Waals surface area contributed by atoms with Gasteiger partial charge in [0, 0.05) is 11.8 Å². The number of hydrogen-bond acceptors (Lipinski definition) is 3. The summed E-state index contributed by atoms with van der Waals surface area (Å²) >= 11 is 11.7. The number of nitrogens with one attached hydrogen (secondary N) is 3. The van der Waals surface area contributed by atoms with Gasteiger partial charge in [-0.15, -0.1) is 0 Å². The summed E-state index contributed by atoms with van der Waals surface area (Å²) in [6, 6.07) is 10.9. The van der Waals surface area contributed by atoms with Gasteiger partial charge in [0.2, 0.25) is 0 Å². The average Bonchev–Trinajstić information content (AvgIpc) is 2.60. The van der Waals surface area contributed by atoms with Crippen molar-refractivity contribution in [2.24, 2.45) is 0 Å². The van der Waals surface area contributed by atoms with Crippen LogP contribution in [-0.2, 0) is 9.59 Å². The minimum atomic E-state index is -0.462. The summed E-state index contributed by atoms with van der Waals surface area (Å²) < 4.78 is 0. The fraction of sp³-hybridized carbons (Fsp3) is 0.158.